The molecule has 3 aromatic heterocycles. The molecule has 5 aliphatic rings. The van der Waals surface area contributed by atoms with Crippen LogP contribution in [0.2, 0.25) is 0 Å². The van der Waals surface area contributed by atoms with Crippen molar-refractivity contribution >= 4 is 27.5 Å². The summed E-state index contributed by atoms with van der Waals surface area (Å²) in [6.45, 7) is 6.07. The van der Waals surface area contributed by atoms with E-state index in [1.165, 1.54) is 24.3 Å². The minimum absolute atomic E-state index is 0.00575. The third kappa shape index (κ3) is 5.41. The summed E-state index contributed by atoms with van der Waals surface area (Å²) in [5, 5.41) is 12.0. The zero-order valence-electron chi connectivity index (χ0n) is 31.2. The van der Waals surface area contributed by atoms with E-state index >= 15 is 8.78 Å². The number of phenolic OH excluding ortho intramolecular Hbond substituents is 1. The number of ether oxygens (including phenoxy) is 1. The predicted molar refractivity (Wildman–Crippen MR) is 201 cm³/mol. The molecular weight excluding hydrogens is 725 g/mol. The maximum Gasteiger partial charge on any atom is 0.519 e. The Bertz CT molecular complexity index is 2540. The summed E-state index contributed by atoms with van der Waals surface area (Å²) < 4.78 is 64.6. The summed E-state index contributed by atoms with van der Waals surface area (Å²) in [5.41, 5.74) is 0.0441. The molecule has 0 spiro atoms. The minimum Gasteiger partial charge on any atom is -0.508 e. The standard InChI is InChI=1S/C42H41F3N6O5/c1-4-27-29(44)9-7-23-14-26(52)15-28(33(23)27)37-35(45)38-34-36(46-37)21(2)6-10-31-30-11-8-25(50(30)19-32-22(3)55-41(53)56-32)18-51(31)39(34)48-40(47-38)54-20-42-12-5-13-49(42)17-24(43)16-42/h1,7,9,14-15,21,24-25,30-31,52H,5-6,8,10-13,16-20H2,2-3H3/t21-,24-,25-,30+,31-,42+/m1/s1. The number of piperazine rings is 1. The van der Waals surface area contributed by atoms with Gasteiger partial charge in [0, 0.05) is 48.6 Å². The molecule has 14 heteroatoms. The number of terminal acetylenes is 1. The van der Waals surface area contributed by atoms with Gasteiger partial charge in [0.25, 0.3) is 0 Å². The Morgan fingerprint density at radius 1 is 1.07 bits per heavy atom. The van der Waals surface area contributed by atoms with Crippen molar-refractivity contribution in [1.29, 1.82) is 0 Å². The van der Waals surface area contributed by atoms with Gasteiger partial charge in [0.15, 0.2) is 11.6 Å². The van der Waals surface area contributed by atoms with Crippen LogP contribution >= 0.6 is 0 Å². The molecular formula is C42H41F3N6O5. The largest absolute Gasteiger partial charge is 0.519 e. The lowest BCUT2D eigenvalue weighted by atomic mass is 9.87. The topological polar surface area (TPSA) is 121 Å². The number of benzene rings is 2. The molecule has 56 heavy (non-hydrogen) atoms. The second kappa shape index (κ2) is 13.0. The Hall–Kier alpha value is -5.13. The lowest BCUT2D eigenvalue weighted by Crippen LogP contribution is -2.60. The molecule has 0 aliphatic carbocycles. The van der Waals surface area contributed by atoms with Gasteiger partial charge >= 0.3 is 11.8 Å². The molecule has 5 aliphatic heterocycles. The highest BCUT2D eigenvalue weighted by Gasteiger charge is 2.51. The Morgan fingerprint density at radius 2 is 1.91 bits per heavy atom. The fourth-order valence-corrected chi connectivity index (χ4v) is 10.6. The van der Waals surface area contributed by atoms with Crippen molar-refractivity contribution in [2.45, 2.75) is 101 Å². The first kappa shape index (κ1) is 35.3. The first-order valence-corrected chi connectivity index (χ1v) is 19.5. The second-order valence-electron chi connectivity index (χ2n) is 16.3. The van der Waals surface area contributed by atoms with Crippen LogP contribution < -0.4 is 15.5 Å². The summed E-state index contributed by atoms with van der Waals surface area (Å²) >= 11 is 0. The normalized spacial score (nSPS) is 27.4. The summed E-state index contributed by atoms with van der Waals surface area (Å²) in [4.78, 5) is 33.6. The van der Waals surface area contributed by atoms with Gasteiger partial charge < -0.3 is 23.6 Å². The van der Waals surface area contributed by atoms with Crippen molar-refractivity contribution in [3.63, 3.8) is 0 Å². The van der Waals surface area contributed by atoms with Gasteiger partial charge in [-0.1, -0.05) is 18.9 Å². The van der Waals surface area contributed by atoms with Crippen molar-refractivity contribution in [2.75, 3.05) is 31.1 Å². The number of hydrogen-bond donors (Lipinski definition) is 1. The smallest absolute Gasteiger partial charge is 0.508 e. The van der Waals surface area contributed by atoms with Crippen molar-refractivity contribution in [3.8, 4) is 35.4 Å². The van der Waals surface area contributed by atoms with Gasteiger partial charge in [-0.15, -0.1) is 6.42 Å². The maximum absolute atomic E-state index is 17.6. The number of pyridine rings is 1. The molecule has 11 nitrogen and oxygen atoms in total. The molecule has 4 saturated heterocycles. The molecule has 2 bridgehead atoms. The van der Waals surface area contributed by atoms with Crippen LogP contribution in [0.5, 0.6) is 11.8 Å². The highest BCUT2D eigenvalue weighted by Crippen LogP contribution is 2.48. The molecule has 4 fully saturated rings. The maximum atomic E-state index is 17.6. The number of anilines is 1. The molecule has 1 N–H and O–H groups in total. The van der Waals surface area contributed by atoms with E-state index in [2.05, 4.69) is 20.6 Å². The average Bonchev–Trinajstić information content (AvgIpc) is 3.88. The van der Waals surface area contributed by atoms with Crippen LogP contribution in [0, 0.1) is 30.9 Å². The number of hydrogen-bond acceptors (Lipinski definition) is 11. The molecule has 5 aromatic rings. The highest BCUT2D eigenvalue weighted by molar-refractivity contribution is 6.03. The molecule has 0 radical (unpaired) electrons. The number of aromatic hydroxyl groups is 1. The Morgan fingerprint density at radius 3 is 2.71 bits per heavy atom. The van der Waals surface area contributed by atoms with E-state index in [0.29, 0.717) is 66.3 Å². The number of aromatic nitrogens is 3. The summed E-state index contributed by atoms with van der Waals surface area (Å²) in [5.74, 6) is 1.43. The quantitative estimate of drug-likeness (QED) is 0.185. The number of alkyl halides is 1. The third-order valence-corrected chi connectivity index (χ3v) is 13.2. The SMILES string of the molecule is C#Cc1c(F)ccc2cc(O)cc(-c3nc4c5c(nc(OC[C@@]67CCCN6C[C@H](F)C7)nc5c3F)N3C[C@H]5CC[C@@H]([C@H]3CC[C@H]4C)N5Cc3oc(=O)oc3C)c12. The second-order valence-corrected chi connectivity index (χ2v) is 16.3. The van der Waals surface area contributed by atoms with E-state index in [4.69, 9.17) is 34.9 Å². The molecule has 0 unspecified atom stereocenters. The number of aryl methyl sites for hydroxylation is 1. The van der Waals surface area contributed by atoms with Gasteiger partial charge in [-0.3, -0.25) is 9.80 Å². The Labute approximate surface area is 320 Å². The average molecular weight is 767 g/mol. The van der Waals surface area contributed by atoms with Gasteiger partial charge in [0.2, 0.25) is 0 Å². The molecule has 0 amide bonds. The van der Waals surface area contributed by atoms with Crippen LogP contribution in [0.1, 0.15) is 80.6 Å². The zero-order valence-corrected chi connectivity index (χ0v) is 31.2. The lowest BCUT2D eigenvalue weighted by molar-refractivity contribution is 0.106. The van der Waals surface area contributed by atoms with Crippen LogP contribution in [0.15, 0.2) is 37.9 Å². The van der Waals surface area contributed by atoms with Crippen LogP contribution in [-0.4, -0.2) is 85.9 Å². The Balaban J connectivity index is 1.15. The zero-order chi connectivity index (χ0) is 38.6. The molecule has 0 saturated carbocycles. The third-order valence-electron chi connectivity index (χ3n) is 13.2. The van der Waals surface area contributed by atoms with Gasteiger partial charge in [0.05, 0.1) is 28.7 Å². The fraction of sp³-hybridized carbons (Fsp3) is 0.476. The van der Waals surface area contributed by atoms with Crippen LogP contribution in [-0.2, 0) is 6.54 Å². The number of halogens is 3. The van der Waals surface area contributed by atoms with Crippen LogP contribution in [0.3, 0.4) is 0 Å². The molecule has 8 heterocycles. The van der Waals surface area contributed by atoms with Gasteiger partial charge in [0.1, 0.15) is 47.1 Å². The summed E-state index contributed by atoms with van der Waals surface area (Å²) in [6.07, 6.45) is 10.2. The molecule has 10 rings (SSSR count). The highest BCUT2D eigenvalue weighted by atomic mass is 19.1. The number of phenols is 1. The number of nitrogens with zero attached hydrogens (tertiary/aromatic N) is 6. The van der Waals surface area contributed by atoms with Crippen molar-refractivity contribution in [1.82, 2.24) is 24.8 Å². The molecule has 2 aromatic carbocycles. The summed E-state index contributed by atoms with van der Waals surface area (Å²) in [6, 6.07) is 5.64. The van der Waals surface area contributed by atoms with E-state index in [9.17, 15) is 14.3 Å². The van der Waals surface area contributed by atoms with Crippen LogP contribution in [0.25, 0.3) is 32.9 Å². The lowest BCUT2D eigenvalue weighted by Gasteiger charge is -2.48. The number of rotatable bonds is 6. The van der Waals surface area contributed by atoms with E-state index in [-0.39, 0.29) is 70.1 Å². The monoisotopic (exact) mass is 766 g/mol. The van der Waals surface area contributed by atoms with E-state index in [1.54, 1.807) is 6.92 Å². The first-order valence-electron chi connectivity index (χ1n) is 19.5. The van der Waals surface area contributed by atoms with Crippen molar-refractivity contribution < 1.29 is 31.8 Å². The predicted octanol–water partition coefficient (Wildman–Crippen LogP) is 6.74. The van der Waals surface area contributed by atoms with Gasteiger partial charge in [-0.05, 0) is 81.5 Å². The van der Waals surface area contributed by atoms with E-state index < -0.39 is 29.2 Å². The first-order chi connectivity index (χ1) is 27.0. The van der Waals surface area contributed by atoms with Gasteiger partial charge in [-0.2, -0.15) is 9.97 Å². The van der Waals surface area contributed by atoms with E-state index in [0.717, 1.165) is 38.6 Å². The molecule has 6 atom stereocenters. The summed E-state index contributed by atoms with van der Waals surface area (Å²) in [7, 11) is 0. The fourth-order valence-electron chi connectivity index (χ4n) is 10.6. The van der Waals surface area contributed by atoms with Crippen molar-refractivity contribution in [3.05, 3.63) is 69.3 Å². The van der Waals surface area contributed by atoms with Crippen LogP contribution in [0.4, 0.5) is 19.0 Å². The van der Waals surface area contributed by atoms with E-state index in [1.807, 2.05) is 6.92 Å². The minimum atomic E-state index is -0.957. The Kier molecular flexibility index (Phi) is 8.17. The number of fused-ring (bicyclic) bond motifs is 7. The molecule has 290 valence electrons. The van der Waals surface area contributed by atoms with Crippen molar-refractivity contribution in [2.24, 2.45) is 0 Å². The van der Waals surface area contributed by atoms with Gasteiger partial charge in [-0.25, -0.2) is 22.9 Å².